The molecule has 23 heavy (non-hydrogen) atoms. The molecule has 0 aliphatic rings. The maximum absolute atomic E-state index is 11.6. The standard InChI is InChI=1S/C12H12N6O5/c1-23-10-3-9(18(21)22)2-8(12(10)20)4-14-16-11(19)5-17-7-13-6-15-17/h2-4,6-7,20H,5H2,1H3,(H,16,19)/b14-4+. The molecule has 120 valence electrons. The minimum absolute atomic E-state index is 0.0251. The molecule has 0 bridgehead atoms. The van der Waals surface area contributed by atoms with Crippen LogP contribution in [0, 0.1) is 10.1 Å². The van der Waals surface area contributed by atoms with Crippen molar-refractivity contribution in [2.75, 3.05) is 7.11 Å². The van der Waals surface area contributed by atoms with Gasteiger partial charge < -0.3 is 9.84 Å². The molecule has 0 atom stereocenters. The van der Waals surface area contributed by atoms with E-state index < -0.39 is 10.8 Å². The summed E-state index contributed by atoms with van der Waals surface area (Å²) in [5.74, 6) is -0.884. The van der Waals surface area contributed by atoms with Gasteiger partial charge in [0.1, 0.15) is 19.2 Å². The lowest BCUT2D eigenvalue weighted by atomic mass is 10.2. The van der Waals surface area contributed by atoms with E-state index >= 15 is 0 Å². The normalized spacial score (nSPS) is 10.7. The van der Waals surface area contributed by atoms with Crippen LogP contribution in [0.3, 0.4) is 0 Å². The van der Waals surface area contributed by atoms with Crippen LogP contribution in [0.2, 0.25) is 0 Å². The lowest BCUT2D eigenvalue weighted by Crippen LogP contribution is -2.23. The van der Waals surface area contributed by atoms with Crippen LogP contribution in [-0.4, -0.2) is 44.0 Å². The second-order valence-corrected chi connectivity index (χ2v) is 4.23. The fourth-order valence-electron chi connectivity index (χ4n) is 1.64. The molecule has 0 aliphatic carbocycles. The van der Waals surface area contributed by atoms with E-state index in [0.29, 0.717) is 0 Å². The van der Waals surface area contributed by atoms with Crippen molar-refractivity contribution in [3.63, 3.8) is 0 Å². The third-order valence-electron chi connectivity index (χ3n) is 2.68. The first-order chi connectivity index (χ1) is 11.0. The van der Waals surface area contributed by atoms with Crippen LogP contribution in [0.25, 0.3) is 0 Å². The minimum atomic E-state index is -0.636. The van der Waals surface area contributed by atoms with Gasteiger partial charge in [0, 0.05) is 11.6 Å². The molecule has 2 rings (SSSR count). The number of amides is 1. The number of carbonyl (C=O) groups excluding carboxylic acids is 1. The molecule has 0 saturated heterocycles. The van der Waals surface area contributed by atoms with Gasteiger partial charge in [-0.1, -0.05) is 0 Å². The highest BCUT2D eigenvalue weighted by Gasteiger charge is 2.15. The first-order valence-electron chi connectivity index (χ1n) is 6.21. The van der Waals surface area contributed by atoms with Gasteiger partial charge in [0.25, 0.3) is 11.6 Å². The van der Waals surface area contributed by atoms with Crippen LogP contribution in [0.5, 0.6) is 11.5 Å². The predicted octanol–water partition coefficient (Wildman–Crippen LogP) is 0.0508. The summed E-state index contributed by atoms with van der Waals surface area (Å²) < 4.78 is 6.14. The number of hydrazone groups is 1. The number of hydrogen-bond acceptors (Lipinski definition) is 8. The van der Waals surface area contributed by atoms with Gasteiger partial charge in [0.05, 0.1) is 24.3 Å². The molecule has 1 aromatic carbocycles. The van der Waals surface area contributed by atoms with E-state index in [9.17, 15) is 20.0 Å². The van der Waals surface area contributed by atoms with Crippen molar-refractivity contribution in [3.8, 4) is 11.5 Å². The van der Waals surface area contributed by atoms with Crippen LogP contribution in [-0.2, 0) is 11.3 Å². The Bertz CT molecular complexity index is 743. The van der Waals surface area contributed by atoms with Crippen molar-refractivity contribution in [2.45, 2.75) is 6.54 Å². The summed E-state index contributed by atoms with van der Waals surface area (Å²) in [6.45, 7) is -0.0957. The van der Waals surface area contributed by atoms with Gasteiger partial charge in [-0.3, -0.25) is 14.9 Å². The molecule has 0 spiro atoms. The number of nitrogens with one attached hydrogen (secondary N) is 1. The maximum atomic E-state index is 11.6. The summed E-state index contributed by atoms with van der Waals surface area (Å²) in [6, 6.07) is 2.18. The SMILES string of the molecule is COc1cc([N+](=O)[O-])cc(/C=N/NC(=O)Cn2cncn2)c1O. The predicted molar refractivity (Wildman–Crippen MR) is 77.1 cm³/mol. The highest BCUT2D eigenvalue weighted by Crippen LogP contribution is 2.33. The van der Waals surface area contributed by atoms with Gasteiger partial charge in [-0.2, -0.15) is 10.2 Å². The number of phenols is 1. The van der Waals surface area contributed by atoms with E-state index in [-0.39, 0.29) is 29.3 Å². The third-order valence-corrected chi connectivity index (χ3v) is 2.68. The molecule has 11 nitrogen and oxygen atoms in total. The summed E-state index contributed by atoms with van der Waals surface area (Å²) in [5, 5.41) is 28.1. The second kappa shape index (κ2) is 6.98. The largest absolute Gasteiger partial charge is 0.504 e. The number of phenolic OH excluding ortho intramolecular Hbond substituents is 1. The summed E-state index contributed by atoms with van der Waals surface area (Å²) in [5.41, 5.74) is 1.95. The summed E-state index contributed by atoms with van der Waals surface area (Å²) in [7, 11) is 1.26. The highest BCUT2D eigenvalue weighted by molar-refractivity contribution is 5.87. The molecular weight excluding hydrogens is 308 g/mol. The zero-order chi connectivity index (χ0) is 16.8. The maximum Gasteiger partial charge on any atom is 0.274 e. The lowest BCUT2D eigenvalue weighted by molar-refractivity contribution is -0.385. The van der Waals surface area contributed by atoms with E-state index in [1.165, 1.54) is 24.4 Å². The number of nitro groups is 1. The Labute approximate surface area is 129 Å². The highest BCUT2D eigenvalue weighted by atomic mass is 16.6. The van der Waals surface area contributed by atoms with Gasteiger partial charge in [-0.15, -0.1) is 0 Å². The first kappa shape index (κ1) is 15.9. The zero-order valence-electron chi connectivity index (χ0n) is 11.9. The lowest BCUT2D eigenvalue weighted by Gasteiger charge is -2.06. The van der Waals surface area contributed by atoms with Crippen molar-refractivity contribution in [2.24, 2.45) is 5.10 Å². The average Bonchev–Trinajstić information content (AvgIpc) is 3.01. The number of aromatic nitrogens is 3. The van der Waals surface area contributed by atoms with Crippen molar-refractivity contribution in [3.05, 3.63) is 40.5 Å². The molecule has 0 unspecified atom stereocenters. The number of methoxy groups -OCH3 is 1. The molecular formula is C12H12N6O5. The number of hydrogen-bond donors (Lipinski definition) is 2. The Morgan fingerprint density at radius 3 is 3.00 bits per heavy atom. The molecule has 2 aromatic rings. The quantitative estimate of drug-likeness (QED) is 0.434. The molecule has 1 heterocycles. The molecule has 1 amide bonds. The van der Waals surface area contributed by atoms with Gasteiger partial charge >= 0.3 is 0 Å². The van der Waals surface area contributed by atoms with E-state index in [1.54, 1.807) is 0 Å². The Balaban J connectivity index is 2.10. The number of non-ortho nitro benzene ring substituents is 1. The molecule has 2 N–H and O–H groups in total. The Morgan fingerprint density at radius 2 is 2.39 bits per heavy atom. The minimum Gasteiger partial charge on any atom is -0.504 e. The van der Waals surface area contributed by atoms with E-state index in [2.05, 4.69) is 20.6 Å². The Hall–Kier alpha value is -3.50. The fourth-order valence-corrected chi connectivity index (χ4v) is 1.64. The number of nitro benzene ring substituents is 1. The number of ether oxygens (including phenoxy) is 1. The number of benzene rings is 1. The number of rotatable bonds is 6. The van der Waals surface area contributed by atoms with Gasteiger partial charge in [0.15, 0.2) is 11.5 Å². The number of carbonyl (C=O) groups is 1. The van der Waals surface area contributed by atoms with Crippen molar-refractivity contribution in [1.29, 1.82) is 0 Å². The van der Waals surface area contributed by atoms with Gasteiger partial charge in [-0.25, -0.2) is 15.1 Å². The van der Waals surface area contributed by atoms with Crippen LogP contribution in [0.4, 0.5) is 5.69 Å². The first-order valence-corrected chi connectivity index (χ1v) is 6.21. The van der Waals surface area contributed by atoms with Crippen molar-refractivity contribution >= 4 is 17.8 Å². The summed E-state index contributed by atoms with van der Waals surface area (Å²) in [6.07, 6.45) is 3.72. The van der Waals surface area contributed by atoms with Crippen molar-refractivity contribution < 1.29 is 19.6 Å². The van der Waals surface area contributed by atoms with Gasteiger partial charge in [-0.05, 0) is 0 Å². The van der Waals surface area contributed by atoms with Crippen LogP contribution < -0.4 is 10.2 Å². The summed E-state index contributed by atoms with van der Waals surface area (Å²) >= 11 is 0. The van der Waals surface area contributed by atoms with E-state index in [4.69, 9.17) is 4.74 Å². The molecule has 0 radical (unpaired) electrons. The molecule has 1 aromatic heterocycles. The Morgan fingerprint density at radius 1 is 1.61 bits per heavy atom. The Kier molecular flexibility index (Phi) is 4.82. The molecule has 11 heteroatoms. The summed E-state index contributed by atoms with van der Waals surface area (Å²) in [4.78, 5) is 25.5. The van der Waals surface area contributed by atoms with Gasteiger partial charge in [0.2, 0.25) is 0 Å². The smallest absolute Gasteiger partial charge is 0.274 e. The van der Waals surface area contributed by atoms with Crippen molar-refractivity contribution in [1.82, 2.24) is 20.2 Å². The fraction of sp³-hybridized carbons (Fsp3) is 0.167. The topological polar surface area (TPSA) is 145 Å². The van der Waals surface area contributed by atoms with E-state index in [0.717, 1.165) is 18.3 Å². The van der Waals surface area contributed by atoms with Crippen LogP contribution in [0.1, 0.15) is 5.56 Å². The molecule has 0 fully saturated rings. The number of aromatic hydroxyl groups is 1. The second-order valence-electron chi connectivity index (χ2n) is 4.23. The average molecular weight is 320 g/mol. The number of nitrogens with zero attached hydrogens (tertiary/aromatic N) is 5. The molecule has 0 aliphatic heterocycles. The monoisotopic (exact) mass is 320 g/mol. The molecule has 0 saturated carbocycles. The van der Waals surface area contributed by atoms with Crippen LogP contribution in [0.15, 0.2) is 29.9 Å². The van der Waals surface area contributed by atoms with Crippen LogP contribution >= 0.6 is 0 Å². The third kappa shape index (κ3) is 4.00. The van der Waals surface area contributed by atoms with E-state index in [1.807, 2.05) is 0 Å². The zero-order valence-corrected chi connectivity index (χ0v) is 11.9.